The maximum absolute atomic E-state index is 12.6. The summed E-state index contributed by atoms with van der Waals surface area (Å²) in [5.74, 6) is 0.530. The Morgan fingerprint density at radius 2 is 2.32 bits per heavy atom. The van der Waals surface area contributed by atoms with E-state index in [9.17, 15) is 4.79 Å². The van der Waals surface area contributed by atoms with Crippen LogP contribution < -0.4 is 5.32 Å². The molecular formula is C18H33N5O2. The first-order valence-electron chi connectivity index (χ1n) is 9.23. The second kappa shape index (κ2) is 9.77. The van der Waals surface area contributed by atoms with Crippen LogP contribution >= 0.6 is 0 Å². The highest BCUT2D eigenvalue weighted by atomic mass is 16.5. The lowest BCUT2D eigenvalue weighted by molar-refractivity contribution is 0.130. The van der Waals surface area contributed by atoms with Crippen LogP contribution in [0.15, 0.2) is 12.4 Å². The second-order valence-corrected chi connectivity index (χ2v) is 7.22. The number of ether oxygens (including phenoxy) is 1. The van der Waals surface area contributed by atoms with Gasteiger partial charge in [0.1, 0.15) is 0 Å². The number of hydrogen-bond donors (Lipinski definition) is 1. The highest BCUT2D eigenvalue weighted by molar-refractivity contribution is 5.74. The third kappa shape index (κ3) is 6.32. The van der Waals surface area contributed by atoms with Crippen LogP contribution in [0.1, 0.15) is 32.3 Å². The number of rotatable bonds is 8. The number of methoxy groups -OCH3 is 1. The molecule has 2 heterocycles. The number of piperidine rings is 1. The molecule has 7 heteroatoms. The molecule has 2 rings (SSSR count). The van der Waals surface area contributed by atoms with Crippen molar-refractivity contribution in [2.24, 2.45) is 13.0 Å². The Labute approximate surface area is 151 Å². The lowest BCUT2D eigenvalue weighted by Crippen LogP contribution is -2.47. The van der Waals surface area contributed by atoms with Crippen molar-refractivity contribution in [1.82, 2.24) is 24.9 Å². The van der Waals surface area contributed by atoms with E-state index in [2.05, 4.69) is 29.2 Å². The Hall–Kier alpha value is -1.60. The number of carbonyl (C=O) groups excluding carboxylic acids is 1. The van der Waals surface area contributed by atoms with Crippen molar-refractivity contribution in [1.29, 1.82) is 0 Å². The summed E-state index contributed by atoms with van der Waals surface area (Å²) in [6.45, 7) is 9.09. The fourth-order valence-corrected chi connectivity index (χ4v) is 3.30. The Bertz CT molecular complexity index is 531. The Balaban J connectivity index is 1.85. The molecule has 1 aliphatic heterocycles. The standard InChI is InChI=1S/C18H33N5O2/c1-15(2)22-7-5-6-16(13-22)10-19-18(24)23(8-9-25-4)14-17-11-20-21(3)12-17/h11-12,15-16H,5-10,13-14H2,1-4H3,(H,19,24). The SMILES string of the molecule is COCCN(Cc1cnn(C)c1)C(=O)NCC1CCCN(C(C)C)C1. The number of hydrogen-bond acceptors (Lipinski definition) is 4. The lowest BCUT2D eigenvalue weighted by atomic mass is 9.97. The molecule has 1 N–H and O–H groups in total. The molecular weight excluding hydrogens is 318 g/mol. The van der Waals surface area contributed by atoms with Crippen LogP contribution in [0.5, 0.6) is 0 Å². The van der Waals surface area contributed by atoms with Crippen molar-refractivity contribution in [3.8, 4) is 0 Å². The van der Waals surface area contributed by atoms with Crippen molar-refractivity contribution in [3.63, 3.8) is 0 Å². The average Bonchev–Trinajstić information content (AvgIpc) is 3.01. The molecule has 1 saturated heterocycles. The number of aromatic nitrogens is 2. The maximum Gasteiger partial charge on any atom is 0.317 e. The quantitative estimate of drug-likeness (QED) is 0.774. The van der Waals surface area contributed by atoms with Crippen molar-refractivity contribution in [2.45, 2.75) is 39.3 Å². The normalized spacial score (nSPS) is 18.5. The van der Waals surface area contributed by atoms with Crippen LogP contribution in [0.2, 0.25) is 0 Å². The molecule has 0 saturated carbocycles. The van der Waals surface area contributed by atoms with Crippen molar-refractivity contribution >= 4 is 6.03 Å². The van der Waals surface area contributed by atoms with Gasteiger partial charge in [0.2, 0.25) is 0 Å². The number of likely N-dealkylation sites (tertiary alicyclic amines) is 1. The predicted octanol–water partition coefficient (Wildman–Crippen LogP) is 1.70. The van der Waals surface area contributed by atoms with E-state index in [1.807, 2.05) is 13.2 Å². The number of nitrogens with zero attached hydrogens (tertiary/aromatic N) is 4. The van der Waals surface area contributed by atoms with Crippen LogP contribution in [0.3, 0.4) is 0 Å². The van der Waals surface area contributed by atoms with Crippen LogP contribution in [0.4, 0.5) is 4.79 Å². The first-order valence-corrected chi connectivity index (χ1v) is 9.23. The van der Waals surface area contributed by atoms with E-state index in [-0.39, 0.29) is 6.03 Å². The van der Waals surface area contributed by atoms with E-state index in [1.54, 1.807) is 22.9 Å². The molecule has 0 aliphatic carbocycles. The third-order valence-electron chi connectivity index (χ3n) is 4.81. The summed E-state index contributed by atoms with van der Waals surface area (Å²) in [6.07, 6.45) is 6.13. The summed E-state index contributed by atoms with van der Waals surface area (Å²) >= 11 is 0. The van der Waals surface area contributed by atoms with E-state index in [0.29, 0.717) is 31.7 Å². The first kappa shape index (κ1) is 19.7. The molecule has 0 radical (unpaired) electrons. The molecule has 1 fully saturated rings. The van der Waals surface area contributed by atoms with Gasteiger partial charge in [-0.1, -0.05) is 0 Å². The zero-order chi connectivity index (χ0) is 18.2. The zero-order valence-corrected chi connectivity index (χ0v) is 16.1. The zero-order valence-electron chi connectivity index (χ0n) is 16.1. The monoisotopic (exact) mass is 351 g/mol. The molecule has 25 heavy (non-hydrogen) atoms. The van der Waals surface area contributed by atoms with Gasteiger partial charge < -0.3 is 19.9 Å². The van der Waals surface area contributed by atoms with Crippen LogP contribution in [-0.4, -0.2) is 71.5 Å². The van der Waals surface area contributed by atoms with Gasteiger partial charge in [0.15, 0.2) is 0 Å². The average molecular weight is 351 g/mol. The van der Waals surface area contributed by atoms with Gasteiger partial charge in [0.05, 0.1) is 19.3 Å². The van der Waals surface area contributed by atoms with E-state index >= 15 is 0 Å². The van der Waals surface area contributed by atoms with Crippen LogP contribution in [-0.2, 0) is 18.3 Å². The van der Waals surface area contributed by atoms with E-state index in [0.717, 1.165) is 18.7 Å². The third-order valence-corrected chi connectivity index (χ3v) is 4.81. The fourth-order valence-electron chi connectivity index (χ4n) is 3.30. The van der Waals surface area contributed by atoms with Crippen LogP contribution in [0.25, 0.3) is 0 Å². The number of aryl methyl sites for hydroxylation is 1. The molecule has 7 nitrogen and oxygen atoms in total. The smallest absolute Gasteiger partial charge is 0.317 e. The highest BCUT2D eigenvalue weighted by Gasteiger charge is 2.23. The fraction of sp³-hybridized carbons (Fsp3) is 0.778. The highest BCUT2D eigenvalue weighted by Crippen LogP contribution is 2.17. The van der Waals surface area contributed by atoms with Crippen molar-refractivity contribution < 1.29 is 9.53 Å². The molecule has 1 atom stereocenters. The molecule has 0 bridgehead atoms. The van der Waals surface area contributed by atoms with Gasteiger partial charge >= 0.3 is 6.03 Å². The summed E-state index contributed by atoms with van der Waals surface area (Å²) in [4.78, 5) is 16.9. The van der Waals surface area contributed by atoms with Crippen molar-refractivity contribution in [2.75, 3.05) is 39.9 Å². The van der Waals surface area contributed by atoms with Gasteiger partial charge in [-0.15, -0.1) is 0 Å². The van der Waals surface area contributed by atoms with Crippen LogP contribution in [0, 0.1) is 5.92 Å². The topological polar surface area (TPSA) is 62.6 Å². The predicted molar refractivity (Wildman–Crippen MR) is 98.3 cm³/mol. The van der Waals surface area contributed by atoms with Gasteiger partial charge in [0, 0.05) is 51.6 Å². The van der Waals surface area contributed by atoms with Crippen molar-refractivity contribution in [3.05, 3.63) is 18.0 Å². The molecule has 0 spiro atoms. The van der Waals surface area contributed by atoms with E-state index in [4.69, 9.17) is 4.74 Å². The Morgan fingerprint density at radius 3 is 2.96 bits per heavy atom. The molecule has 2 amide bonds. The lowest BCUT2D eigenvalue weighted by Gasteiger charge is -2.35. The van der Waals surface area contributed by atoms with Gasteiger partial charge in [-0.05, 0) is 39.2 Å². The minimum absolute atomic E-state index is 0.0254. The molecule has 1 aromatic rings. The molecule has 142 valence electrons. The molecule has 1 aliphatic rings. The summed E-state index contributed by atoms with van der Waals surface area (Å²) in [7, 11) is 3.54. The van der Waals surface area contributed by atoms with E-state index in [1.165, 1.54) is 19.4 Å². The summed E-state index contributed by atoms with van der Waals surface area (Å²) in [6, 6.07) is 0.546. The largest absolute Gasteiger partial charge is 0.383 e. The first-order chi connectivity index (χ1) is 12.0. The Morgan fingerprint density at radius 1 is 1.52 bits per heavy atom. The van der Waals surface area contributed by atoms with E-state index < -0.39 is 0 Å². The molecule has 0 aromatic carbocycles. The number of urea groups is 1. The second-order valence-electron chi connectivity index (χ2n) is 7.22. The van der Waals surface area contributed by atoms with Gasteiger partial charge in [-0.3, -0.25) is 4.68 Å². The summed E-state index contributed by atoms with van der Waals surface area (Å²) in [5, 5.41) is 7.30. The van der Waals surface area contributed by atoms with Gasteiger partial charge in [-0.2, -0.15) is 5.10 Å². The van der Waals surface area contributed by atoms with Gasteiger partial charge in [-0.25, -0.2) is 4.79 Å². The maximum atomic E-state index is 12.6. The minimum atomic E-state index is -0.0254. The minimum Gasteiger partial charge on any atom is -0.383 e. The number of amides is 2. The summed E-state index contributed by atoms with van der Waals surface area (Å²) in [5.41, 5.74) is 1.03. The van der Waals surface area contributed by atoms with Gasteiger partial charge in [0.25, 0.3) is 0 Å². The Kier molecular flexibility index (Phi) is 7.71. The number of nitrogens with one attached hydrogen (secondary N) is 1. The molecule has 1 aromatic heterocycles. The number of carbonyl (C=O) groups is 1. The molecule has 1 unspecified atom stereocenters. The summed E-state index contributed by atoms with van der Waals surface area (Å²) < 4.78 is 6.91.